The van der Waals surface area contributed by atoms with Crippen LogP contribution in [0.2, 0.25) is 0 Å². The SMILES string of the molecule is Cc1cccc(C(=O)N2CCC(CCC(=O)O)C2)c1I. The van der Waals surface area contributed by atoms with Gasteiger partial charge in [-0.2, -0.15) is 0 Å². The van der Waals surface area contributed by atoms with Crippen LogP contribution >= 0.6 is 22.6 Å². The van der Waals surface area contributed by atoms with Crippen LogP contribution in [-0.2, 0) is 4.79 Å². The average Bonchev–Trinajstić information content (AvgIpc) is 2.87. The largest absolute Gasteiger partial charge is 0.481 e. The van der Waals surface area contributed by atoms with E-state index < -0.39 is 5.97 Å². The molecule has 108 valence electrons. The number of likely N-dealkylation sites (tertiary alicyclic amines) is 1. The van der Waals surface area contributed by atoms with E-state index in [4.69, 9.17) is 5.11 Å². The zero-order valence-electron chi connectivity index (χ0n) is 11.4. The maximum absolute atomic E-state index is 12.5. The maximum Gasteiger partial charge on any atom is 0.303 e. The summed E-state index contributed by atoms with van der Waals surface area (Å²) in [5.74, 6) is -0.378. The highest BCUT2D eigenvalue weighted by Gasteiger charge is 2.28. The molecule has 1 atom stereocenters. The van der Waals surface area contributed by atoms with Gasteiger partial charge in [-0.25, -0.2) is 0 Å². The van der Waals surface area contributed by atoms with Gasteiger partial charge >= 0.3 is 5.97 Å². The van der Waals surface area contributed by atoms with Crippen molar-refractivity contribution >= 4 is 34.5 Å². The van der Waals surface area contributed by atoms with E-state index in [-0.39, 0.29) is 12.3 Å². The van der Waals surface area contributed by atoms with E-state index in [2.05, 4.69) is 22.6 Å². The number of hydrogen-bond donors (Lipinski definition) is 1. The number of carbonyl (C=O) groups excluding carboxylic acids is 1. The number of carboxylic acids is 1. The highest BCUT2D eigenvalue weighted by atomic mass is 127. The van der Waals surface area contributed by atoms with Crippen molar-refractivity contribution in [3.63, 3.8) is 0 Å². The van der Waals surface area contributed by atoms with Crippen molar-refractivity contribution in [2.24, 2.45) is 5.92 Å². The summed E-state index contributed by atoms with van der Waals surface area (Å²) in [5.41, 5.74) is 1.86. The summed E-state index contributed by atoms with van der Waals surface area (Å²) in [5, 5.41) is 8.71. The molecule has 2 rings (SSSR count). The molecule has 1 aromatic rings. The van der Waals surface area contributed by atoms with Gasteiger partial charge in [-0.3, -0.25) is 9.59 Å². The molecular weight excluding hydrogens is 369 g/mol. The first-order valence-corrected chi connectivity index (χ1v) is 7.83. The van der Waals surface area contributed by atoms with Crippen molar-refractivity contribution in [2.75, 3.05) is 13.1 Å². The molecule has 1 heterocycles. The van der Waals surface area contributed by atoms with Gasteiger partial charge < -0.3 is 10.0 Å². The molecule has 0 bridgehead atoms. The Balaban J connectivity index is 2.01. The van der Waals surface area contributed by atoms with Crippen LogP contribution in [0.25, 0.3) is 0 Å². The van der Waals surface area contributed by atoms with Gasteiger partial charge in [-0.05, 0) is 59.9 Å². The minimum Gasteiger partial charge on any atom is -0.481 e. The van der Waals surface area contributed by atoms with Crippen LogP contribution in [0, 0.1) is 16.4 Å². The number of amides is 1. The predicted molar refractivity (Wildman–Crippen MR) is 84.8 cm³/mol. The van der Waals surface area contributed by atoms with Crippen LogP contribution in [0.5, 0.6) is 0 Å². The van der Waals surface area contributed by atoms with E-state index in [0.717, 1.165) is 27.7 Å². The summed E-state index contributed by atoms with van der Waals surface area (Å²) < 4.78 is 1.00. The maximum atomic E-state index is 12.5. The second-order valence-corrected chi connectivity index (χ2v) is 6.35. The topological polar surface area (TPSA) is 57.6 Å². The van der Waals surface area contributed by atoms with Crippen LogP contribution in [0.15, 0.2) is 18.2 Å². The lowest BCUT2D eigenvalue weighted by molar-refractivity contribution is -0.137. The van der Waals surface area contributed by atoms with E-state index in [1.165, 1.54) is 0 Å². The summed E-state index contributed by atoms with van der Waals surface area (Å²) in [4.78, 5) is 25.0. The standard InChI is InChI=1S/C15H18INO3/c1-10-3-2-4-12(14(10)16)15(20)17-8-7-11(9-17)5-6-13(18)19/h2-4,11H,5-9H2,1H3,(H,18,19). The summed E-state index contributed by atoms with van der Waals surface area (Å²) in [7, 11) is 0. The second kappa shape index (κ2) is 6.56. The van der Waals surface area contributed by atoms with Crippen LogP contribution in [0.3, 0.4) is 0 Å². The summed E-state index contributed by atoms with van der Waals surface area (Å²) in [6.45, 7) is 3.40. The monoisotopic (exact) mass is 387 g/mol. The Kier molecular flexibility index (Phi) is 5.01. The third-order valence-corrected chi connectivity index (χ3v) is 5.19. The summed E-state index contributed by atoms with van der Waals surface area (Å²) >= 11 is 2.21. The zero-order valence-corrected chi connectivity index (χ0v) is 13.6. The number of nitrogens with zero attached hydrogens (tertiary/aromatic N) is 1. The van der Waals surface area contributed by atoms with E-state index >= 15 is 0 Å². The number of carboxylic acid groups (broad SMARTS) is 1. The normalized spacial score (nSPS) is 18.3. The Morgan fingerprint density at radius 2 is 2.20 bits per heavy atom. The van der Waals surface area contributed by atoms with E-state index in [1.54, 1.807) is 0 Å². The number of aryl methyl sites for hydroxylation is 1. The van der Waals surface area contributed by atoms with E-state index in [9.17, 15) is 9.59 Å². The predicted octanol–water partition coefficient (Wildman–Crippen LogP) is 2.93. The van der Waals surface area contributed by atoms with Gasteiger partial charge in [0.05, 0.1) is 5.56 Å². The van der Waals surface area contributed by atoms with Crippen molar-refractivity contribution in [1.29, 1.82) is 0 Å². The van der Waals surface area contributed by atoms with Crippen LogP contribution < -0.4 is 0 Å². The van der Waals surface area contributed by atoms with Gasteiger partial charge in [-0.1, -0.05) is 12.1 Å². The zero-order chi connectivity index (χ0) is 14.7. The molecule has 1 fully saturated rings. The first-order valence-electron chi connectivity index (χ1n) is 6.75. The molecule has 5 heteroatoms. The number of carbonyl (C=O) groups is 2. The molecule has 1 aliphatic heterocycles. The first kappa shape index (κ1) is 15.3. The van der Waals surface area contributed by atoms with E-state index in [0.29, 0.717) is 18.9 Å². The van der Waals surface area contributed by atoms with Gasteiger partial charge in [0.2, 0.25) is 0 Å². The average molecular weight is 387 g/mol. The molecule has 20 heavy (non-hydrogen) atoms. The van der Waals surface area contributed by atoms with Crippen molar-refractivity contribution < 1.29 is 14.7 Å². The van der Waals surface area contributed by atoms with Gasteiger partial charge in [0.15, 0.2) is 0 Å². The third kappa shape index (κ3) is 3.50. The molecule has 1 aliphatic rings. The lowest BCUT2D eigenvalue weighted by Gasteiger charge is -2.18. The molecule has 1 N–H and O–H groups in total. The number of halogens is 1. The quantitative estimate of drug-likeness (QED) is 0.809. The Morgan fingerprint density at radius 3 is 2.90 bits per heavy atom. The fraction of sp³-hybridized carbons (Fsp3) is 0.467. The fourth-order valence-electron chi connectivity index (χ4n) is 2.56. The smallest absolute Gasteiger partial charge is 0.303 e. The molecule has 4 nitrogen and oxygen atoms in total. The first-order chi connectivity index (χ1) is 9.49. The van der Waals surface area contributed by atoms with Crippen LogP contribution in [0.4, 0.5) is 0 Å². The minimum atomic E-state index is -0.761. The number of aliphatic carboxylic acids is 1. The van der Waals surface area contributed by atoms with Crippen molar-refractivity contribution in [3.8, 4) is 0 Å². The molecule has 1 amide bonds. The lowest BCUT2D eigenvalue weighted by Crippen LogP contribution is -2.29. The van der Waals surface area contributed by atoms with Crippen LogP contribution in [0.1, 0.15) is 35.2 Å². The number of hydrogen-bond acceptors (Lipinski definition) is 2. The second-order valence-electron chi connectivity index (χ2n) is 5.27. The Bertz CT molecular complexity index is 530. The number of rotatable bonds is 4. The van der Waals surface area contributed by atoms with E-state index in [1.807, 2.05) is 30.0 Å². The Labute approximate surface area is 132 Å². The Hall–Kier alpha value is -1.11. The van der Waals surface area contributed by atoms with Gasteiger partial charge in [0, 0.05) is 23.1 Å². The molecular formula is C15H18INO3. The Morgan fingerprint density at radius 1 is 1.45 bits per heavy atom. The lowest BCUT2D eigenvalue weighted by atomic mass is 10.0. The number of benzene rings is 1. The fourth-order valence-corrected chi connectivity index (χ4v) is 3.15. The molecule has 0 saturated carbocycles. The molecule has 0 aliphatic carbocycles. The minimum absolute atomic E-state index is 0.0657. The molecule has 0 radical (unpaired) electrons. The van der Waals surface area contributed by atoms with Gasteiger partial charge in [0.25, 0.3) is 5.91 Å². The summed E-state index contributed by atoms with van der Waals surface area (Å²) in [6, 6.07) is 5.77. The molecule has 0 aromatic heterocycles. The highest BCUT2D eigenvalue weighted by Crippen LogP contribution is 2.25. The summed E-state index contributed by atoms with van der Waals surface area (Å²) in [6.07, 6.45) is 1.75. The molecule has 0 spiro atoms. The molecule has 1 aromatic carbocycles. The molecule has 1 saturated heterocycles. The van der Waals surface area contributed by atoms with Gasteiger partial charge in [-0.15, -0.1) is 0 Å². The highest BCUT2D eigenvalue weighted by molar-refractivity contribution is 14.1. The van der Waals surface area contributed by atoms with Crippen LogP contribution in [-0.4, -0.2) is 35.0 Å². The van der Waals surface area contributed by atoms with Crippen molar-refractivity contribution in [2.45, 2.75) is 26.2 Å². The van der Waals surface area contributed by atoms with Crippen molar-refractivity contribution in [3.05, 3.63) is 32.9 Å². The molecule has 1 unspecified atom stereocenters. The van der Waals surface area contributed by atoms with Crippen molar-refractivity contribution in [1.82, 2.24) is 4.90 Å². The third-order valence-electron chi connectivity index (χ3n) is 3.76. The van der Waals surface area contributed by atoms with Gasteiger partial charge in [0.1, 0.15) is 0 Å².